The molecule has 0 radical (unpaired) electrons. The lowest BCUT2D eigenvalue weighted by molar-refractivity contribution is 0.591. The van der Waals surface area contributed by atoms with Gasteiger partial charge in [-0.2, -0.15) is 0 Å². The van der Waals surface area contributed by atoms with Gasteiger partial charge in [0.2, 0.25) is 0 Å². The standard InChI is InChI=1S/C42H28F4O2P2/c43-33-10-18-37(19-11-33)49(47,38-20-12-34(44)13-21-38)41-8-2-6-31(27-41)29-4-1-5-30(26-29)32-7-3-9-42(28-32)50(48,39-22-14-35(45)15-23-39)40-24-16-36(46)17-25-40/h1-28H. The minimum Gasteiger partial charge on any atom is -0.309 e. The van der Waals surface area contributed by atoms with Gasteiger partial charge in [0.25, 0.3) is 0 Å². The Labute approximate surface area is 287 Å². The van der Waals surface area contributed by atoms with Gasteiger partial charge < -0.3 is 9.13 Å². The Kier molecular flexibility index (Phi) is 9.01. The molecule has 0 N–H and O–H groups in total. The van der Waals surface area contributed by atoms with Crippen LogP contribution in [0.5, 0.6) is 0 Å². The van der Waals surface area contributed by atoms with Crippen LogP contribution in [0.15, 0.2) is 170 Å². The molecule has 0 fully saturated rings. The SMILES string of the molecule is O=P(c1ccc(F)cc1)(c1ccc(F)cc1)c1cccc(-c2cccc(-c3cccc(P(=O)(c4ccc(F)cc4)c4ccc(F)cc4)c3)c2)c1. The zero-order valence-corrected chi connectivity index (χ0v) is 28.2. The van der Waals surface area contributed by atoms with Crippen LogP contribution in [0.25, 0.3) is 22.3 Å². The largest absolute Gasteiger partial charge is 0.309 e. The molecule has 0 heterocycles. The molecule has 0 unspecified atom stereocenters. The van der Waals surface area contributed by atoms with E-state index in [-0.39, 0.29) is 0 Å². The van der Waals surface area contributed by atoms with Gasteiger partial charge in [-0.3, -0.25) is 0 Å². The van der Waals surface area contributed by atoms with E-state index >= 15 is 9.13 Å². The minimum absolute atomic E-state index is 0.417. The average Bonchev–Trinajstić information content (AvgIpc) is 3.15. The summed E-state index contributed by atoms with van der Waals surface area (Å²) in [5.74, 6) is -1.83. The smallest absolute Gasteiger partial charge is 0.171 e. The zero-order valence-electron chi connectivity index (χ0n) is 26.4. The van der Waals surface area contributed by atoms with Gasteiger partial charge in [0.1, 0.15) is 23.3 Å². The third-order valence-electron chi connectivity index (χ3n) is 8.71. The van der Waals surface area contributed by atoms with Crippen molar-refractivity contribution < 1.29 is 26.7 Å². The molecule has 0 amide bonds. The number of rotatable bonds is 8. The van der Waals surface area contributed by atoms with Crippen molar-refractivity contribution in [1.82, 2.24) is 0 Å². The number of benzene rings is 7. The molecule has 0 atom stereocenters. The number of halogens is 4. The lowest BCUT2D eigenvalue weighted by Gasteiger charge is -2.21. The summed E-state index contributed by atoms with van der Waals surface area (Å²) in [6.07, 6.45) is 0. The second-order valence-electron chi connectivity index (χ2n) is 11.8. The van der Waals surface area contributed by atoms with Crippen molar-refractivity contribution in [1.29, 1.82) is 0 Å². The van der Waals surface area contributed by atoms with E-state index in [9.17, 15) is 17.6 Å². The maximum atomic E-state index is 15.0. The van der Waals surface area contributed by atoms with Crippen molar-refractivity contribution >= 4 is 46.1 Å². The summed E-state index contributed by atoms with van der Waals surface area (Å²) >= 11 is 0. The molecule has 0 bridgehead atoms. The van der Waals surface area contributed by atoms with Crippen LogP contribution >= 0.6 is 14.3 Å². The Balaban J connectivity index is 1.31. The first-order chi connectivity index (χ1) is 24.1. The van der Waals surface area contributed by atoms with Crippen LogP contribution in [-0.4, -0.2) is 0 Å². The van der Waals surface area contributed by atoms with Crippen molar-refractivity contribution in [2.24, 2.45) is 0 Å². The van der Waals surface area contributed by atoms with E-state index in [4.69, 9.17) is 0 Å². The predicted molar refractivity (Wildman–Crippen MR) is 196 cm³/mol. The van der Waals surface area contributed by atoms with E-state index in [0.717, 1.165) is 22.3 Å². The number of hydrogen-bond acceptors (Lipinski definition) is 2. The third-order valence-corrected chi connectivity index (χ3v) is 14.8. The van der Waals surface area contributed by atoms with E-state index in [1.807, 2.05) is 48.5 Å². The Morgan fingerprint density at radius 2 is 0.520 bits per heavy atom. The summed E-state index contributed by atoms with van der Waals surface area (Å²) in [6.45, 7) is 0. The van der Waals surface area contributed by atoms with Crippen LogP contribution in [0, 0.1) is 23.3 Å². The molecule has 0 aliphatic rings. The zero-order chi connectivity index (χ0) is 34.9. The average molecular weight is 703 g/mol. The Bertz CT molecular complexity index is 2140. The summed E-state index contributed by atoms with van der Waals surface area (Å²) < 4.78 is 85.6. The quantitative estimate of drug-likeness (QED) is 0.117. The highest BCUT2D eigenvalue weighted by molar-refractivity contribution is 7.85. The molecule has 0 spiro atoms. The van der Waals surface area contributed by atoms with Gasteiger partial charge in [-0.1, -0.05) is 54.6 Å². The van der Waals surface area contributed by atoms with Crippen LogP contribution in [0.2, 0.25) is 0 Å². The van der Waals surface area contributed by atoms with Gasteiger partial charge in [-0.25, -0.2) is 17.6 Å². The summed E-state index contributed by atoms with van der Waals surface area (Å²) in [4.78, 5) is 0. The second-order valence-corrected chi connectivity index (χ2v) is 17.3. The lowest BCUT2D eigenvalue weighted by atomic mass is 9.99. The summed E-state index contributed by atoms with van der Waals surface area (Å²) in [5, 5.41) is 2.67. The molecule has 7 aromatic rings. The molecular weight excluding hydrogens is 674 g/mol. The molecule has 0 saturated heterocycles. The normalized spacial score (nSPS) is 11.8. The first kappa shape index (κ1) is 33.2. The molecular formula is C42H28F4O2P2. The van der Waals surface area contributed by atoms with Crippen LogP contribution in [0.1, 0.15) is 0 Å². The van der Waals surface area contributed by atoms with Gasteiger partial charge in [-0.15, -0.1) is 0 Å². The van der Waals surface area contributed by atoms with Gasteiger partial charge >= 0.3 is 0 Å². The highest BCUT2D eigenvalue weighted by Gasteiger charge is 2.31. The minimum atomic E-state index is -3.53. The topological polar surface area (TPSA) is 34.1 Å². The van der Waals surface area contributed by atoms with E-state index in [1.54, 1.807) is 24.3 Å². The Morgan fingerprint density at radius 3 is 0.800 bits per heavy atom. The van der Waals surface area contributed by atoms with Crippen LogP contribution in [0.3, 0.4) is 0 Å². The fourth-order valence-corrected chi connectivity index (χ4v) is 11.4. The molecule has 246 valence electrons. The molecule has 0 aromatic heterocycles. The molecule has 7 rings (SSSR count). The van der Waals surface area contributed by atoms with Gasteiger partial charge in [0, 0.05) is 31.8 Å². The fraction of sp³-hybridized carbons (Fsp3) is 0. The van der Waals surface area contributed by atoms with E-state index in [0.29, 0.717) is 31.8 Å². The Morgan fingerprint density at radius 1 is 0.280 bits per heavy atom. The highest BCUT2D eigenvalue weighted by Crippen LogP contribution is 2.45. The van der Waals surface area contributed by atoms with E-state index in [2.05, 4.69) is 0 Å². The Hall–Kier alpha value is -5.28. The van der Waals surface area contributed by atoms with Crippen molar-refractivity contribution in [3.05, 3.63) is 193 Å². The predicted octanol–water partition coefficient (Wildman–Crippen LogP) is 8.86. The fourth-order valence-electron chi connectivity index (χ4n) is 6.14. The second kappa shape index (κ2) is 13.6. The molecule has 2 nitrogen and oxygen atoms in total. The van der Waals surface area contributed by atoms with E-state index in [1.165, 1.54) is 97.1 Å². The van der Waals surface area contributed by atoms with E-state index < -0.39 is 37.6 Å². The molecule has 50 heavy (non-hydrogen) atoms. The monoisotopic (exact) mass is 702 g/mol. The van der Waals surface area contributed by atoms with Crippen molar-refractivity contribution in [3.63, 3.8) is 0 Å². The van der Waals surface area contributed by atoms with Crippen LogP contribution < -0.4 is 31.8 Å². The molecule has 0 aliphatic carbocycles. The maximum absolute atomic E-state index is 15.0. The molecule has 0 saturated carbocycles. The summed E-state index contributed by atoms with van der Waals surface area (Å²) in [7, 11) is -7.07. The molecule has 7 aromatic carbocycles. The lowest BCUT2D eigenvalue weighted by Crippen LogP contribution is -2.25. The number of hydrogen-bond donors (Lipinski definition) is 0. The first-order valence-corrected chi connectivity index (χ1v) is 19.1. The van der Waals surface area contributed by atoms with Gasteiger partial charge in [0.15, 0.2) is 14.3 Å². The summed E-state index contributed by atoms with van der Waals surface area (Å²) in [6, 6.07) is 44.4. The maximum Gasteiger partial charge on any atom is 0.171 e. The highest BCUT2D eigenvalue weighted by atomic mass is 31.2. The van der Waals surface area contributed by atoms with Crippen molar-refractivity contribution in [2.45, 2.75) is 0 Å². The van der Waals surface area contributed by atoms with Crippen LogP contribution in [-0.2, 0) is 9.13 Å². The first-order valence-electron chi connectivity index (χ1n) is 15.7. The van der Waals surface area contributed by atoms with Crippen molar-refractivity contribution in [3.8, 4) is 22.3 Å². The van der Waals surface area contributed by atoms with Crippen LogP contribution in [0.4, 0.5) is 17.6 Å². The van der Waals surface area contributed by atoms with Crippen molar-refractivity contribution in [2.75, 3.05) is 0 Å². The molecule has 0 aliphatic heterocycles. The van der Waals surface area contributed by atoms with Gasteiger partial charge in [0.05, 0.1) is 0 Å². The van der Waals surface area contributed by atoms with Gasteiger partial charge in [-0.05, 0) is 138 Å². The summed E-state index contributed by atoms with van der Waals surface area (Å²) in [5.41, 5.74) is 3.18. The third kappa shape index (κ3) is 6.29. The molecule has 8 heteroatoms.